The molecule has 150 valence electrons. The first-order valence-electron chi connectivity index (χ1n) is 10.2. The summed E-state index contributed by atoms with van der Waals surface area (Å²) in [4.78, 5) is 44.2. The van der Waals surface area contributed by atoms with Crippen molar-refractivity contribution in [3.63, 3.8) is 0 Å². The second-order valence-corrected chi connectivity index (χ2v) is 8.21. The van der Waals surface area contributed by atoms with E-state index in [0.717, 1.165) is 38.8 Å². The van der Waals surface area contributed by atoms with E-state index < -0.39 is 6.04 Å². The lowest BCUT2D eigenvalue weighted by molar-refractivity contribution is -0.146. The minimum absolute atomic E-state index is 0.0121. The Kier molecular flexibility index (Phi) is 5.36. The second-order valence-electron chi connectivity index (χ2n) is 8.21. The summed E-state index contributed by atoms with van der Waals surface area (Å²) in [6.45, 7) is 3.31. The molecule has 0 spiro atoms. The van der Waals surface area contributed by atoms with E-state index in [4.69, 9.17) is 4.74 Å². The third-order valence-electron chi connectivity index (χ3n) is 6.10. The zero-order valence-corrected chi connectivity index (χ0v) is 16.1. The van der Waals surface area contributed by atoms with Crippen molar-refractivity contribution in [2.24, 2.45) is 5.92 Å². The lowest BCUT2D eigenvalue weighted by atomic mass is 10.1. The maximum absolute atomic E-state index is 13.1. The SMILES string of the molecule is COCC(=O)N1CC(N(C(=O)C2CC2)C2CC2)CC1C(=O)N1CCNCC1. The number of hydrogen-bond donors (Lipinski definition) is 1. The fourth-order valence-corrected chi connectivity index (χ4v) is 4.38. The van der Waals surface area contributed by atoms with Crippen LogP contribution < -0.4 is 5.32 Å². The second kappa shape index (κ2) is 7.75. The number of rotatable bonds is 6. The first kappa shape index (κ1) is 18.7. The van der Waals surface area contributed by atoms with E-state index >= 15 is 0 Å². The molecule has 2 heterocycles. The molecule has 2 aliphatic heterocycles. The van der Waals surface area contributed by atoms with Gasteiger partial charge in [0.05, 0.1) is 6.04 Å². The number of methoxy groups -OCH3 is 1. The summed E-state index contributed by atoms with van der Waals surface area (Å²) < 4.78 is 5.03. The van der Waals surface area contributed by atoms with Gasteiger partial charge < -0.3 is 24.8 Å². The fourth-order valence-electron chi connectivity index (χ4n) is 4.38. The zero-order valence-electron chi connectivity index (χ0n) is 16.1. The summed E-state index contributed by atoms with van der Waals surface area (Å²) in [6.07, 6.45) is 4.58. The highest BCUT2D eigenvalue weighted by molar-refractivity contribution is 5.89. The summed E-state index contributed by atoms with van der Waals surface area (Å²) in [5.74, 6) is 0.245. The highest BCUT2D eigenvalue weighted by Gasteiger charge is 2.49. The van der Waals surface area contributed by atoms with E-state index in [1.165, 1.54) is 7.11 Å². The molecule has 1 N–H and O–H groups in total. The molecule has 2 aliphatic carbocycles. The molecule has 8 heteroatoms. The molecular formula is C19H30N4O4. The van der Waals surface area contributed by atoms with Crippen LogP contribution in [0.15, 0.2) is 0 Å². The Morgan fingerprint density at radius 1 is 1.07 bits per heavy atom. The third kappa shape index (κ3) is 3.96. The van der Waals surface area contributed by atoms with Crippen molar-refractivity contribution in [1.82, 2.24) is 20.0 Å². The van der Waals surface area contributed by atoms with Gasteiger partial charge in [-0.1, -0.05) is 0 Å². The Bertz CT molecular complexity index is 599. The van der Waals surface area contributed by atoms with Gasteiger partial charge in [-0.05, 0) is 32.1 Å². The maximum Gasteiger partial charge on any atom is 0.249 e. The van der Waals surface area contributed by atoms with Gasteiger partial charge in [0.15, 0.2) is 0 Å². The van der Waals surface area contributed by atoms with Crippen LogP contribution in [0.25, 0.3) is 0 Å². The van der Waals surface area contributed by atoms with E-state index in [0.29, 0.717) is 32.1 Å². The van der Waals surface area contributed by atoms with Gasteiger partial charge >= 0.3 is 0 Å². The number of piperazine rings is 1. The van der Waals surface area contributed by atoms with Crippen molar-refractivity contribution in [2.75, 3.05) is 46.4 Å². The molecule has 0 radical (unpaired) electrons. The third-order valence-corrected chi connectivity index (χ3v) is 6.10. The summed E-state index contributed by atoms with van der Waals surface area (Å²) in [7, 11) is 1.49. The standard InChI is InChI=1S/C19H30N4O4/c1-27-12-17(24)22-11-15(23(14-4-5-14)18(25)13-2-3-13)10-16(22)19(26)21-8-6-20-7-9-21/h13-16,20H,2-12H2,1H3. The van der Waals surface area contributed by atoms with E-state index in [1.54, 1.807) is 4.90 Å². The van der Waals surface area contributed by atoms with Gasteiger partial charge in [-0.25, -0.2) is 0 Å². The van der Waals surface area contributed by atoms with E-state index in [1.807, 2.05) is 9.80 Å². The number of nitrogens with one attached hydrogen (secondary N) is 1. The smallest absolute Gasteiger partial charge is 0.249 e. The van der Waals surface area contributed by atoms with Crippen LogP contribution in [0.5, 0.6) is 0 Å². The summed E-state index contributed by atoms with van der Waals surface area (Å²) >= 11 is 0. The Balaban J connectivity index is 1.51. The van der Waals surface area contributed by atoms with Gasteiger partial charge in [-0.2, -0.15) is 0 Å². The molecule has 8 nitrogen and oxygen atoms in total. The zero-order chi connectivity index (χ0) is 19.0. The minimum atomic E-state index is -0.482. The molecule has 2 saturated heterocycles. The van der Waals surface area contributed by atoms with Gasteiger partial charge in [-0.3, -0.25) is 14.4 Å². The van der Waals surface area contributed by atoms with Crippen molar-refractivity contribution in [3.05, 3.63) is 0 Å². The van der Waals surface area contributed by atoms with Gasteiger partial charge in [0, 0.05) is 51.8 Å². The number of likely N-dealkylation sites (tertiary alicyclic amines) is 1. The van der Waals surface area contributed by atoms with Crippen molar-refractivity contribution in [2.45, 2.75) is 50.2 Å². The monoisotopic (exact) mass is 378 g/mol. The number of hydrogen-bond acceptors (Lipinski definition) is 5. The van der Waals surface area contributed by atoms with Crippen LogP contribution in [-0.2, 0) is 19.1 Å². The number of carbonyl (C=O) groups is 3. The Hall–Kier alpha value is -1.67. The Labute approximate surface area is 160 Å². The number of nitrogens with zero attached hydrogens (tertiary/aromatic N) is 3. The molecule has 2 saturated carbocycles. The average molecular weight is 378 g/mol. The van der Waals surface area contributed by atoms with Crippen LogP contribution in [0.4, 0.5) is 0 Å². The summed E-state index contributed by atoms with van der Waals surface area (Å²) in [5.41, 5.74) is 0. The first-order chi connectivity index (χ1) is 13.1. The number of carbonyl (C=O) groups excluding carboxylic acids is 3. The summed E-state index contributed by atoms with van der Waals surface area (Å²) in [6, 6.07) is -0.234. The van der Waals surface area contributed by atoms with E-state index in [9.17, 15) is 14.4 Å². The van der Waals surface area contributed by atoms with Gasteiger partial charge in [-0.15, -0.1) is 0 Å². The number of ether oxygens (including phenoxy) is 1. The van der Waals surface area contributed by atoms with Crippen LogP contribution in [0.1, 0.15) is 32.1 Å². The molecule has 2 unspecified atom stereocenters. The molecule has 4 fully saturated rings. The Morgan fingerprint density at radius 2 is 1.78 bits per heavy atom. The van der Waals surface area contributed by atoms with Crippen LogP contribution in [0.3, 0.4) is 0 Å². The van der Waals surface area contributed by atoms with E-state index in [2.05, 4.69) is 5.32 Å². The molecule has 2 atom stereocenters. The van der Waals surface area contributed by atoms with Crippen LogP contribution in [0, 0.1) is 5.92 Å². The van der Waals surface area contributed by atoms with Crippen LogP contribution in [0.2, 0.25) is 0 Å². The quantitative estimate of drug-likeness (QED) is 0.670. The lowest BCUT2D eigenvalue weighted by Gasteiger charge is -2.32. The predicted octanol–water partition coefficient (Wildman–Crippen LogP) is -0.565. The van der Waals surface area contributed by atoms with E-state index in [-0.39, 0.29) is 36.3 Å². The van der Waals surface area contributed by atoms with Gasteiger partial charge in [0.25, 0.3) is 0 Å². The molecule has 0 aromatic rings. The van der Waals surface area contributed by atoms with Crippen molar-refractivity contribution in [1.29, 1.82) is 0 Å². The molecule has 4 rings (SSSR count). The van der Waals surface area contributed by atoms with Gasteiger partial charge in [0.1, 0.15) is 12.6 Å². The van der Waals surface area contributed by atoms with Crippen molar-refractivity contribution < 1.29 is 19.1 Å². The molecule has 0 aromatic carbocycles. The topological polar surface area (TPSA) is 82.2 Å². The molecule has 3 amide bonds. The maximum atomic E-state index is 13.1. The highest BCUT2D eigenvalue weighted by atomic mass is 16.5. The normalized spacial score (nSPS) is 28.3. The first-order valence-corrected chi connectivity index (χ1v) is 10.2. The molecular weight excluding hydrogens is 348 g/mol. The van der Waals surface area contributed by atoms with Gasteiger partial charge in [0.2, 0.25) is 17.7 Å². The summed E-state index contributed by atoms with van der Waals surface area (Å²) in [5, 5.41) is 3.25. The number of amides is 3. The minimum Gasteiger partial charge on any atom is -0.375 e. The van der Waals surface area contributed by atoms with Crippen LogP contribution >= 0.6 is 0 Å². The molecule has 27 heavy (non-hydrogen) atoms. The largest absolute Gasteiger partial charge is 0.375 e. The van der Waals surface area contributed by atoms with Crippen molar-refractivity contribution in [3.8, 4) is 0 Å². The average Bonchev–Trinajstić information content (AvgIpc) is 3.60. The fraction of sp³-hybridized carbons (Fsp3) is 0.842. The predicted molar refractivity (Wildman–Crippen MR) is 97.8 cm³/mol. The molecule has 0 bridgehead atoms. The van der Waals surface area contributed by atoms with Crippen LogP contribution in [-0.4, -0.2) is 97.0 Å². The highest BCUT2D eigenvalue weighted by Crippen LogP contribution is 2.39. The Morgan fingerprint density at radius 3 is 2.37 bits per heavy atom. The molecule has 4 aliphatic rings. The van der Waals surface area contributed by atoms with Crippen molar-refractivity contribution >= 4 is 17.7 Å². The molecule has 0 aromatic heterocycles. The lowest BCUT2D eigenvalue weighted by Crippen LogP contribution is -2.53.